The molecule has 0 atom stereocenters. The normalized spacial score (nSPS) is 11.5. The third-order valence-corrected chi connectivity index (χ3v) is 3.50. The zero-order valence-corrected chi connectivity index (χ0v) is 12.3. The predicted octanol–water partition coefficient (Wildman–Crippen LogP) is 5.24. The maximum absolute atomic E-state index is 12.7. The van der Waals surface area contributed by atoms with E-state index in [0.717, 1.165) is 28.8 Å². The number of anilines is 1. The lowest BCUT2D eigenvalue weighted by molar-refractivity contribution is -0.137. The second-order valence-corrected chi connectivity index (χ2v) is 5.31. The highest BCUT2D eigenvalue weighted by molar-refractivity contribution is 5.48. The maximum Gasteiger partial charge on any atom is 0.416 e. The molecule has 4 heteroatoms. The van der Waals surface area contributed by atoms with E-state index in [1.165, 1.54) is 11.6 Å². The summed E-state index contributed by atoms with van der Waals surface area (Å²) >= 11 is 0. The van der Waals surface area contributed by atoms with Gasteiger partial charge in [-0.15, -0.1) is 0 Å². The quantitative estimate of drug-likeness (QED) is 0.815. The molecule has 0 radical (unpaired) electrons. The van der Waals surface area contributed by atoms with E-state index in [4.69, 9.17) is 0 Å². The molecule has 0 aromatic heterocycles. The Hall–Kier alpha value is -1.97. The van der Waals surface area contributed by atoms with Crippen LogP contribution in [0.25, 0.3) is 0 Å². The van der Waals surface area contributed by atoms with Crippen LogP contribution in [-0.4, -0.2) is 0 Å². The number of rotatable bonds is 3. The van der Waals surface area contributed by atoms with Crippen molar-refractivity contribution in [1.29, 1.82) is 0 Å². The first-order valence-corrected chi connectivity index (χ1v) is 6.75. The molecule has 0 saturated carbocycles. The van der Waals surface area contributed by atoms with Crippen LogP contribution >= 0.6 is 0 Å². The minimum Gasteiger partial charge on any atom is -0.381 e. The highest BCUT2D eigenvalue weighted by atomic mass is 19.4. The van der Waals surface area contributed by atoms with E-state index in [-0.39, 0.29) is 0 Å². The number of hydrogen-bond donors (Lipinski definition) is 1. The minimum atomic E-state index is -4.31. The van der Waals surface area contributed by atoms with Gasteiger partial charge < -0.3 is 5.32 Å². The van der Waals surface area contributed by atoms with E-state index < -0.39 is 11.7 Å². The molecule has 0 unspecified atom stereocenters. The largest absolute Gasteiger partial charge is 0.416 e. The first-order chi connectivity index (χ1) is 9.77. The topological polar surface area (TPSA) is 12.0 Å². The maximum atomic E-state index is 12.7. The number of benzene rings is 2. The van der Waals surface area contributed by atoms with E-state index in [9.17, 15) is 13.2 Å². The Morgan fingerprint density at radius 1 is 0.952 bits per heavy atom. The summed E-state index contributed by atoms with van der Waals surface area (Å²) in [5.41, 5.74) is 4.44. The number of aryl methyl sites for hydroxylation is 3. The molecule has 0 aliphatic heterocycles. The molecule has 0 saturated heterocycles. The molecule has 0 heterocycles. The van der Waals surface area contributed by atoms with Crippen LogP contribution in [0.15, 0.2) is 36.4 Å². The average molecular weight is 293 g/mol. The van der Waals surface area contributed by atoms with Crippen molar-refractivity contribution < 1.29 is 13.2 Å². The van der Waals surface area contributed by atoms with Gasteiger partial charge in [-0.1, -0.05) is 23.8 Å². The van der Waals surface area contributed by atoms with Gasteiger partial charge in [-0.05, 0) is 55.7 Å². The van der Waals surface area contributed by atoms with Crippen LogP contribution in [0, 0.1) is 20.8 Å². The standard InChI is InChI=1S/C17H18F3N/c1-11-7-12(2)16(13(3)8-11)10-21-15-6-4-5-14(9-15)17(18,19)20/h4-9,21H,10H2,1-3H3. The van der Waals surface area contributed by atoms with E-state index >= 15 is 0 Å². The van der Waals surface area contributed by atoms with Crippen molar-refractivity contribution in [3.8, 4) is 0 Å². The van der Waals surface area contributed by atoms with Crippen LogP contribution < -0.4 is 5.32 Å². The third kappa shape index (κ3) is 3.78. The summed E-state index contributed by atoms with van der Waals surface area (Å²) < 4.78 is 38.0. The van der Waals surface area contributed by atoms with Crippen LogP contribution in [-0.2, 0) is 12.7 Å². The SMILES string of the molecule is Cc1cc(C)c(CNc2cccc(C(F)(F)F)c2)c(C)c1. The summed E-state index contributed by atoms with van der Waals surface area (Å²) in [7, 11) is 0. The molecule has 0 bridgehead atoms. The Morgan fingerprint density at radius 3 is 2.14 bits per heavy atom. The van der Waals surface area contributed by atoms with Gasteiger partial charge in [-0.25, -0.2) is 0 Å². The zero-order valence-electron chi connectivity index (χ0n) is 12.3. The lowest BCUT2D eigenvalue weighted by Gasteiger charge is -2.14. The van der Waals surface area contributed by atoms with E-state index in [2.05, 4.69) is 17.4 Å². The molecule has 112 valence electrons. The van der Waals surface area contributed by atoms with Crippen molar-refractivity contribution >= 4 is 5.69 Å². The van der Waals surface area contributed by atoms with Crippen molar-refractivity contribution in [3.63, 3.8) is 0 Å². The van der Waals surface area contributed by atoms with Gasteiger partial charge in [0.25, 0.3) is 0 Å². The van der Waals surface area contributed by atoms with Gasteiger partial charge in [0.15, 0.2) is 0 Å². The van der Waals surface area contributed by atoms with Gasteiger partial charge in [-0.2, -0.15) is 13.2 Å². The summed E-state index contributed by atoms with van der Waals surface area (Å²) in [6.07, 6.45) is -4.31. The highest BCUT2D eigenvalue weighted by Crippen LogP contribution is 2.30. The molecule has 0 fully saturated rings. The molecule has 0 aliphatic rings. The van der Waals surface area contributed by atoms with E-state index in [1.807, 2.05) is 20.8 Å². The van der Waals surface area contributed by atoms with Crippen molar-refractivity contribution in [2.45, 2.75) is 33.5 Å². The van der Waals surface area contributed by atoms with Crippen molar-refractivity contribution in [3.05, 3.63) is 64.2 Å². The third-order valence-electron chi connectivity index (χ3n) is 3.50. The predicted molar refractivity (Wildman–Crippen MR) is 79.4 cm³/mol. The Morgan fingerprint density at radius 2 is 1.57 bits per heavy atom. The van der Waals surface area contributed by atoms with Gasteiger partial charge in [0, 0.05) is 12.2 Å². The number of nitrogens with one attached hydrogen (secondary N) is 1. The van der Waals surface area contributed by atoms with Crippen molar-refractivity contribution in [2.75, 3.05) is 5.32 Å². The van der Waals surface area contributed by atoms with E-state index in [1.54, 1.807) is 6.07 Å². The Bertz CT molecular complexity index is 622. The minimum absolute atomic E-state index is 0.476. The molecule has 0 spiro atoms. The summed E-state index contributed by atoms with van der Waals surface area (Å²) in [5.74, 6) is 0. The molecular formula is C17H18F3N. The Labute approximate surface area is 122 Å². The lowest BCUT2D eigenvalue weighted by atomic mass is 10.00. The number of halogens is 3. The Kier molecular flexibility index (Phi) is 4.26. The highest BCUT2D eigenvalue weighted by Gasteiger charge is 2.30. The van der Waals surface area contributed by atoms with Gasteiger partial charge in [-0.3, -0.25) is 0 Å². The average Bonchev–Trinajstić information content (AvgIpc) is 2.36. The zero-order chi connectivity index (χ0) is 15.6. The first-order valence-electron chi connectivity index (χ1n) is 6.75. The molecule has 1 N–H and O–H groups in total. The first kappa shape index (κ1) is 15.4. The molecular weight excluding hydrogens is 275 g/mol. The second kappa shape index (κ2) is 5.80. The Balaban J connectivity index is 2.18. The van der Waals surface area contributed by atoms with Gasteiger partial charge in [0.05, 0.1) is 5.56 Å². The summed E-state index contributed by atoms with van der Waals surface area (Å²) in [6.45, 7) is 6.58. The summed E-state index contributed by atoms with van der Waals surface area (Å²) in [5, 5.41) is 3.07. The molecule has 0 amide bonds. The van der Waals surface area contributed by atoms with Crippen LogP contribution in [0.1, 0.15) is 27.8 Å². The number of alkyl halides is 3. The van der Waals surface area contributed by atoms with Gasteiger partial charge >= 0.3 is 6.18 Å². The molecule has 0 aliphatic carbocycles. The monoisotopic (exact) mass is 293 g/mol. The van der Waals surface area contributed by atoms with Crippen molar-refractivity contribution in [1.82, 2.24) is 0 Å². The van der Waals surface area contributed by atoms with Crippen LogP contribution in [0.4, 0.5) is 18.9 Å². The lowest BCUT2D eigenvalue weighted by Crippen LogP contribution is -2.07. The second-order valence-electron chi connectivity index (χ2n) is 5.31. The van der Waals surface area contributed by atoms with Crippen LogP contribution in [0.3, 0.4) is 0 Å². The van der Waals surface area contributed by atoms with Crippen LogP contribution in [0.5, 0.6) is 0 Å². The number of hydrogen-bond acceptors (Lipinski definition) is 1. The fourth-order valence-electron chi connectivity index (χ4n) is 2.48. The molecule has 2 aromatic rings. The fraction of sp³-hybridized carbons (Fsp3) is 0.294. The summed E-state index contributed by atoms with van der Waals surface area (Å²) in [4.78, 5) is 0. The van der Waals surface area contributed by atoms with Crippen LogP contribution in [0.2, 0.25) is 0 Å². The molecule has 2 aromatic carbocycles. The fourth-order valence-corrected chi connectivity index (χ4v) is 2.48. The van der Waals surface area contributed by atoms with Gasteiger partial charge in [0.1, 0.15) is 0 Å². The smallest absolute Gasteiger partial charge is 0.381 e. The summed E-state index contributed by atoms with van der Waals surface area (Å²) in [6, 6.07) is 9.44. The van der Waals surface area contributed by atoms with E-state index in [0.29, 0.717) is 12.2 Å². The van der Waals surface area contributed by atoms with Crippen molar-refractivity contribution in [2.24, 2.45) is 0 Å². The molecule has 1 nitrogen and oxygen atoms in total. The molecule has 21 heavy (non-hydrogen) atoms. The van der Waals surface area contributed by atoms with Gasteiger partial charge in [0.2, 0.25) is 0 Å². The molecule has 2 rings (SSSR count).